The van der Waals surface area contributed by atoms with Crippen molar-refractivity contribution in [3.8, 4) is 0 Å². The van der Waals surface area contributed by atoms with Crippen molar-refractivity contribution in [2.45, 2.75) is 6.92 Å². The minimum Gasteiger partial charge on any atom is -0.507 e. The molecule has 0 aromatic heterocycles. The van der Waals surface area contributed by atoms with Crippen LogP contribution in [0.2, 0.25) is 0 Å². The second-order valence-corrected chi connectivity index (χ2v) is 8.18. The second kappa shape index (κ2) is 11.9. The van der Waals surface area contributed by atoms with E-state index >= 15 is 0 Å². The minimum atomic E-state index is -1.28. The Kier molecular flexibility index (Phi) is 10.2. The standard InChI is InChI=1S/C15H14ClOP.C6H5.Ni/c1-12(17)15(16)18(13-8-4-2-5-9-13)14-10-6-3-7-11-14;1-2-4-6-5-3-1;/h2-11,17H,1H3;1-5H;/q;-1;/p+1/b15-12-;;. The molecule has 1 N–H and O–H groups in total. The Bertz CT molecular complexity index is 678. The zero-order valence-electron chi connectivity index (χ0n) is 13.8. The van der Waals surface area contributed by atoms with Gasteiger partial charge in [0.1, 0.15) is 24.3 Å². The summed E-state index contributed by atoms with van der Waals surface area (Å²) in [5.74, 6) is 0.207. The zero-order valence-corrected chi connectivity index (χ0v) is 16.5. The monoisotopic (exact) mass is 412 g/mol. The molecule has 0 aliphatic rings. The van der Waals surface area contributed by atoms with Gasteiger partial charge < -0.3 is 5.11 Å². The third kappa shape index (κ3) is 7.04. The van der Waals surface area contributed by atoms with E-state index in [2.05, 4.69) is 30.3 Å². The molecule has 0 saturated heterocycles. The minimum absolute atomic E-state index is 0. The molecule has 0 spiro atoms. The first-order chi connectivity index (χ1) is 11.7. The van der Waals surface area contributed by atoms with E-state index in [4.69, 9.17) is 11.6 Å². The molecule has 132 valence electrons. The number of allylic oxidation sites excluding steroid dienone is 1. The Morgan fingerprint density at radius 3 is 1.48 bits per heavy atom. The first kappa shape index (κ1) is 21.5. The third-order valence-electron chi connectivity index (χ3n) is 3.27. The van der Waals surface area contributed by atoms with Gasteiger partial charge in [-0.1, -0.05) is 36.4 Å². The maximum Gasteiger partial charge on any atom is 0.204 e. The summed E-state index contributed by atoms with van der Waals surface area (Å²) in [5, 5.41) is 12.0. The molecule has 0 saturated carbocycles. The summed E-state index contributed by atoms with van der Waals surface area (Å²) in [7, 11) is -1.28. The third-order valence-corrected chi connectivity index (χ3v) is 6.73. The van der Waals surface area contributed by atoms with E-state index in [0.29, 0.717) is 4.77 Å². The summed E-state index contributed by atoms with van der Waals surface area (Å²) in [6.07, 6.45) is 0. The maximum absolute atomic E-state index is 9.69. The van der Waals surface area contributed by atoms with Crippen LogP contribution in [0.3, 0.4) is 0 Å². The van der Waals surface area contributed by atoms with Crippen molar-refractivity contribution in [3.05, 3.63) is 108 Å². The normalized spacial score (nSPS) is 10.8. The predicted molar refractivity (Wildman–Crippen MR) is 107 cm³/mol. The molecule has 0 aliphatic heterocycles. The number of hydrogen-bond donors (Lipinski definition) is 1. The number of benzene rings is 3. The van der Waals surface area contributed by atoms with Crippen molar-refractivity contribution in [1.82, 2.24) is 0 Å². The predicted octanol–water partition coefficient (Wildman–Crippen LogP) is 5.32. The van der Waals surface area contributed by atoms with Crippen molar-refractivity contribution in [2.24, 2.45) is 0 Å². The van der Waals surface area contributed by atoms with Gasteiger partial charge in [-0.05, 0) is 42.8 Å². The summed E-state index contributed by atoms with van der Waals surface area (Å²) in [6.45, 7) is 1.64. The van der Waals surface area contributed by atoms with Gasteiger partial charge in [0.2, 0.25) is 4.77 Å². The largest absolute Gasteiger partial charge is 0.507 e. The van der Waals surface area contributed by atoms with Crippen LogP contribution in [0.15, 0.2) is 102 Å². The molecule has 4 heteroatoms. The van der Waals surface area contributed by atoms with Gasteiger partial charge in [-0.2, -0.15) is 36.4 Å². The van der Waals surface area contributed by atoms with E-state index in [1.54, 1.807) is 6.92 Å². The van der Waals surface area contributed by atoms with Crippen molar-refractivity contribution < 1.29 is 21.6 Å². The van der Waals surface area contributed by atoms with Gasteiger partial charge in [-0.3, -0.25) is 0 Å². The van der Waals surface area contributed by atoms with Gasteiger partial charge in [0, 0.05) is 16.5 Å². The van der Waals surface area contributed by atoms with Gasteiger partial charge in [-0.15, -0.1) is 0 Å². The van der Waals surface area contributed by atoms with Crippen LogP contribution >= 0.6 is 19.5 Å². The number of hydrogen-bond acceptors (Lipinski definition) is 1. The molecule has 0 unspecified atom stereocenters. The van der Waals surface area contributed by atoms with Crippen molar-refractivity contribution in [1.29, 1.82) is 0 Å². The Morgan fingerprint density at radius 2 is 1.20 bits per heavy atom. The average molecular weight is 414 g/mol. The molecule has 0 radical (unpaired) electrons. The molecule has 0 fully saturated rings. The molecule has 1 nitrogen and oxygen atoms in total. The quantitative estimate of drug-likeness (QED) is 0.267. The number of aliphatic hydroxyl groups is 1. The van der Waals surface area contributed by atoms with E-state index in [1.807, 2.05) is 66.7 Å². The van der Waals surface area contributed by atoms with Crippen molar-refractivity contribution in [2.75, 3.05) is 0 Å². The fraction of sp³-hybridized carbons (Fsp3) is 0.0476. The second-order valence-electron chi connectivity index (χ2n) is 5.08. The van der Waals surface area contributed by atoms with E-state index in [0.717, 1.165) is 0 Å². The van der Waals surface area contributed by atoms with E-state index in [-0.39, 0.29) is 22.3 Å². The Balaban J connectivity index is 0.000000379. The average Bonchev–Trinajstić information content (AvgIpc) is 2.65. The fourth-order valence-corrected chi connectivity index (χ4v) is 5.06. The molecule has 0 atom stereocenters. The van der Waals surface area contributed by atoms with Crippen LogP contribution < -0.4 is 10.6 Å². The molecular weight excluding hydrogens is 393 g/mol. The van der Waals surface area contributed by atoms with Crippen molar-refractivity contribution in [3.63, 3.8) is 0 Å². The molecule has 0 aliphatic carbocycles. The summed E-state index contributed by atoms with van der Waals surface area (Å²) in [5.41, 5.74) is 0. The molecule has 0 amide bonds. The Hall–Kier alpha value is -1.59. The summed E-state index contributed by atoms with van der Waals surface area (Å²) in [4.78, 5) is 0. The van der Waals surface area contributed by atoms with Gasteiger partial charge in [-0.25, -0.2) is 0 Å². The van der Waals surface area contributed by atoms with Crippen LogP contribution in [-0.4, -0.2) is 5.11 Å². The first-order valence-corrected chi connectivity index (χ1v) is 9.52. The van der Waals surface area contributed by atoms with E-state index in [9.17, 15) is 5.11 Å². The van der Waals surface area contributed by atoms with Crippen molar-refractivity contribution >= 4 is 30.1 Å². The topological polar surface area (TPSA) is 20.2 Å². The van der Waals surface area contributed by atoms with Crippen LogP contribution in [0.5, 0.6) is 0 Å². The van der Waals surface area contributed by atoms with Gasteiger partial charge in [0.05, 0.1) is 0 Å². The van der Waals surface area contributed by atoms with E-state index in [1.165, 1.54) is 10.6 Å². The summed E-state index contributed by atoms with van der Waals surface area (Å²) in [6, 6.07) is 32.7. The molecule has 3 rings (SSSR count). The van der Waals surface area contributed by atoms with Crippen LogP contribution in [0, 0.1) is 6.07 Å². The molecule has 25 heavy (non-hydrogen) atoms. The molecule has 0 heterocycles. The van der Waals surface area contributed by atoms with E-state index < -0.39 is 7.92 Å². The molecule has 3 aromatic carbocycles. The first-order valence-electron chi connectivity index (χ1n) is 7.64. The number of aliphatic hydroxyl groups excluding tert-OH is 1. The Labute approximate surface area is 166 Å². The van der Waals surface area contributed by atoms with Crippen LogP contribution in [-0.2, 0) is 16.5 Å². The molecule has 0 bridgehead atoms. The van der Waals surface area contributed by atoms with Crippen LogP contribution in [0.25, 0.3) is 0 Å². The fourth-order valence-electron chi connectivity index (χ4n) is 2.15. The van der Waals surface area contributed by atoms with Crippen LogP contribution in [0.1, 0.15) is 6.92 Å². The SMILES string of the molecule is C/C(O)=C(\Cl)[PH+](c1ccccc1)c1ccccc1.[Ni].[c-]1ccccc1. The summed E-state index contributed by atoms with van der Waals surface area (Å²) >= 11 is 6.33. The zero-order chi connectivity index (χ0) is 17.2. The van der Waals surface area contributed by atoms with Gasteiger partial charge >= 0.3 is 0 Å². The Morgan fingerprint density at radius 1 is 0.800 bits per heavy atom. The maximum atomic E-state index is 9.69. The summed E-state index contributed by atoms with van der Waals surface area (Å²) < 4.78 is 0.567. The molecular formula is C21H20ClNiOP. The van der Waals surface area contributed by atoms with Gasteiger partial charge in [0.25, 0.3) is 0 Å². The molecule has 3 aromatic rings. The smallest absolute Gasteiger partial charge is 0.204 e. The number of rotatable bonds is 3. The number of halogens is 1. The van der Waals surface area contributed by atoms with Gasteiger partial charge in [0.15, 0.2) is 0 Å². The van der Waals surface area contributed by atoms with Crippen LogP contribution in [0.4, 0.5) is 0 Å².